The van der Waals surface area contributed by atoms with Gasteiger partial charge in [0.1, 0.15) is 6.04 Å². The third kappa shape index (κ3) is 5.07. The number of carboxylic acids is 3. The highest BCUT2D eigenvalue weighted by Crippen LogP contribution is 2.09. The Bertz CT molecular complexity index is 471. The first-order valence-electron chi connectivity index (χ1n) is 5.84. The zero-order valence-electron chi connectivity index (χ0n) is 10.6. The van der Waals surface area contributed by atoms with Crippen LogP contribution in [0, 0.1) is 0 Å². The standard InChI is InChI=1S/C13H15NO6/c15-11(16)7-14(8-12(17)18)10(13(19)20)6-9-4-2-1-3-5-9/h1-5,10H,6-8H2,(H,15,16)(H,17,18)(H,19,20). The van der Waals surface area contributed by atoms with Crippen LogP contribution in [0.3, 0.4) is 0 Å². The SMILES string of the molecule is O=C(O)CN(CC(=O)O)C(Cc1ccccc1)C(=O)O. The predicted octanol–water partition coefficient (Wildman–Crippen LogP) is 0.153. The van der Waals surface area contributed by atoms with Gasteiger partial charge >= 0.3 is 17.9 Å². The third-order valence-electron chi connectivity index (χ3n) is 2.67. The van der Waals surface area contributed by atoms with E-state index in [0.717, 1.165) is 4.90 Å². The van der Waals surface area contributed by atoms with Gasteiger partial charge in [-0.25, -0.2) is 0 Å². The Labute approximate surface area is 115 Å². The van der Waals surface area contributed by atoms with Gasteiger partial charge in [-0.3, -0.25) is 19.3 Å². The Balaban J connectivity index is 2.92. The summed E-state index contributed by atoms with van der Waals surface area (Å²) in [5, 5.41) is 26.7. The maximum absolute atomic E-state index is 11.3. The Morgan fingerprint density at radius 3 is 1.85 bits per heavy atom. The Kier molecular flexibility index (Phi) is 5.67. The van der Waals surface area contributed by atoms with Crippen molar-refractivity contribution in [1.82, 2.24) is 4.90 Å². The van der Waals surface area contributed by atoms with Crippen molar-refractivity contribution in [3.05, 3.63) is 35.9 Å². The van der Waals surface area contributed by atoms with Crippen LogP contribution >= 0.6 is 0 Å². The Morgan fingerprint density at radius 1 is 0.950 bits per heavy atom. The van der Waals surface area contributed by atoms with Gasteiger partial charge in [-0.2, -0.15) is 0 Å². The van der Waals surface area contributed by atoms with Crippen LogP contribution in [0.15, 0.2) is 30.3 Å². The summed E-state index contributed by atoms with van der Waals surface area (Å²) in [6.07, 6.45) is 0.0384. The maximum Gasteiger partial charge on any atom is 0.321 e. The number of carbonyl (C=O) groups is 3. The van der Waals surface area contributed by atoms with Crippen molar-refractivity contribution in [2.75, 3.05) is 13.1 Å². The van der Waals surface area contributed by atoms with Crippen molar-refractivity contribution in [2.24, 2.45) is 0 Å². The summed E-state index contributed by atoms with van der Waals surface area (Å²) in [7, 11) is 0. The normalized spacial score (nSPS) is 12.1. The van der Waals surface area contributed by atoms with Crippen LogP contribution in [-0.4, -0.2) is 57.3 Å². The molecular formula is C13H15NO6. The maximum atomic E-state index is 11.3. The van der Waals surface area contributed by atoms with Crippen molar-refractivity contribution in [3.63, 3.8) is 0 Å². The van der Waals surface area contributed by atoms with E-state index >= 15 is 0 Å². The highest BCUT2D eigenvalue weighted by atomic mass is 16.4. The first-order chi connectivity index (χ1) is 9.40. The van der Waals surface area contributed by atoms with Crippen LogP contribution in [0.5, 0.6) is 0 Å². The molecule has 0 aliphatic carbocycles. The monoisotopic (exact) mass is 281 g/mol. The molecule has 3 N–H and O–H groups in total. The van der Waals surface area contributed by atoms with E-state index in [9.17, 15) is 19.5 Å². The summed E-state index contributed by atoms with van der Waals surface area (Å²) in [6, 6.07) is 7.43. The van der Waals surface area contributed by atoms with Gasteiger partial charge in [-0.05, 0) is 12.0 Å². The summed E-state index contributed by atoms with van der Waals surface area (Å²) >= 11 is 0. The number of carboxylic acid groups (broad SMARTS) is 3. The van der Waals surface area contributed by atoms with Crippen LogP contribution in [0.4, 0.5) is 0 Å². The molecule has 0 aliphatic heterocycles. The summed E-state index contributed by atoms with van der Waals surface area (Å²) in [4.78, 5) is 33.7. The topological polar surface area (TPSA) is 115 Å². The van der Waals surface area contributed by atoms with Gasteiger partial charge in [0.15, 0.2) is 0 Å². The zero-order valence-corrected chi connectivity index (χ0v) is 10.6. The molecule has 0 spiro atoms. The van der Waals surface area contributed by atoms with E-state index in [4.69, 9.17) is 10.2 Å². The van der Waals surface area contributed by atoms with Crippen molar-refractivity contribution in [2.45, 2.75) is 12.5 Å². The van der Waals surface area contributed by atoms with Gasteiger partial charge in [-0.15, -0.1) is 0 Å². The van der Waals surface area contributed by atoms with E-state index in [-0.39, 0.29) is 6.42 Å². The van der Waals surface area contributed by atoms with E-state index in [0.29, 0.717) is 5.56 Å². The lowest BCUT2D eigenvalue weighted by atomic mass is 10.0. The van der Waals surface area contributed by atoms with Gasteiger partial charge in [0.25, 0.3) is 0 Å². The quantitative estimate of drug-likeness (QED) is 0.621. The molecule has 1 aromatic carbocycles. The molecule has 0 amide bonds. The number of nitrogens with zero attached hydrogens (tertiary/aromatic N) is 1. The molecule has 0 aromatic heterocycles. The highest BCUT2D eigenvalue weighted by molar-refractivity contribution is 5.78. The number of hydrogen-bond acceptors (Lipinski definition) is 4. The molecule has 7 nitrogen and oxygen atoms in total. The van der Waals surface area contributed by atoms with Crippen LogP contribution in [0.1, 0.15) is 5.56 Å². The number of benzene rings is 1. The van der Waals surface area contributed by atoms with Gasteiger partial charge < -0.3 is 15.3 Å². The van der Waals surface area contributed by atoms with Crippen LogP contribution in [0.25, 0.3) is 0 Å². The smallest absolute Gasteiger partial charge is 0.321 e. The molecule has 20 heavy (non-hydrogen) atoms. The molecule has 108 valence electrons. The zero-order chi connectivity index (χ0) is 15.1. The van der Waals surface area contributed by atoms with E-state index in [1.165, 1.54) is 0 Å². The molecule has 0 radical (unpaired) electrons. The van der Waals surface area contributed by atoms with Crippen molar-refractivity contribution in [1.29, 1.82) is 0 Å². The van der Waals surface area contributed by atoms with Crippen LogP contribution in [-0.2, 0) is 20.8 Å². The predicted molar refractivity (Wildman–Crippen MR) is 68.4 cm³/mol. The minimum Gasteiger partial charge on any atom is -0.480 e. The highest BCUT2D eigenvalue weighted by Gasteiger charge is 2.29. The van der Waals surface area contributed by atoms with Crippen LogP contribution < -0.4 is 0 Å². The van der Waals surface area contributed by atoms with Crippen molar-refractivity contribution < 1.29 is 29.7 Å². The second-order valence-electron chi connectivity index (χ2n) is 4.24. The second-order valence-corrected chi connectivity index (χ2v) is 4.24. The first kappa shape index (κ1) is 15.6. The van der Waals surface area contributed by atoms with E-state index in [1.54, 1.807) is 30.3 Å². The molecule has 0 saturated heterocycles. The number of hydrogen-bond donors (Lipinski definition) is 3. The lowest BCUT2D eigenvalue weighted by molar-refractivity contribution is -0.149. The van der Waals surface area contributed by atoms with Crippen molar-refractivity contribution in [3.8, 4) is 0 Å². The summed E-state index contributed by atoms with van der Waals surface area (Å²) < 4.78 is 0. The molecule has 7 heteroatoms. The van der Waals surface area contributed by atoms with Crippen molar-refractivity contribution >= 4 is 17.9 Å². The van der Waals surface area contributed by atoms with E-state index < -0.39 is 37.0 Å². The molecule has 0 saturated carbocycles. The fourth-order valence-electron chi connectivity index (χ4n) is 1.83. The average Bonchev–Trinajstić information content (AvgIpc) is 2.35. The fourth-order valence-corrected chi connectivity index (χ4v) is 1.83. The first-order valence-corrected chi connectivity index (χ1v) is 5.84. The van der Waals surface area contributed by atoms with Gasteiger partial charge in [0.2, 0.25) is 0 Å². The number of aliphatic carboxylic acids is 3. The lowest BCUT2D eigenvalue weighted by Crippen LogP contribution is -2.47. The summed E-state index contributed by atoms with van der Waals surface area (Å²) in [6.45, 7) is -1.29. The molecule has 0 heterocycles. The summed E-state index contributed by atoms with van der Waals surface area (Å²) in [5.74, 6) is -3.80. The van der Waals surface area contributed by atoms with Gasteiger partial charge in [0.05, 0.1) is 13.1 Å². The molecule has 0 fully saturated rings. The fraction of sp³-hybridized carbons (Fsp3) is 0.308. The third-order valence-corrected chi connectivity index (χ3v) is 2.67. The summed E-state index contributed by atoms with van der Waals surface area (Å²) in [5.41, 5.74) is 0.695. The molecular weight excluding hydrogens is 266 g/mol. The van der Waals surface area contributed by atoms with E-state index in [2.05, 4.69) is 0 Å². The lowest BCUT2D eigenvalue weighted by Gasteiger charge is -2.25. The van der Waals surface area contributed by atoms with Crippen LogP contribution in [0.2, 0.25) is 0 Å². The molecule has 1 aromatic rings. The number of rotatable bonds is 8. The molecule has 0 bridgehead atoms. The Hall–Kier alpha value is -2.41. The average molecular weight is 281 g/mol. The van der Waals surface area contributed by atoms with Gasteiger partial charge in [0, 0.05) is 0 Å². The minimum atomic E-state index is -1.27. The molecule has 0 aliphatic rings. The molecule has 1 rings (SSSR count). The second kappa shape index (κ2) is 7.25. The minimum absolute atomic E-state index is 0.0384. The molecule has 1 atom stereocenters. The van der Waals surface area contributed by atoms with Gasteiger partial charge in [-0.1, -0.05) is 30.3 Å². The largest absolute Gasteiger partial charge is 0.480 e. The molecule has 1 unspecified atom stereocenters. The van der Waals surface area contributed by atoms with E-state index in [1.807, 2.05) is 0 Å². The Morgan fingerprint density at radius 2 is 1.45 bits per heavy atom.